The van der Waals surface area contributed by atoms with E-state index in [1.165, 1.54) is 0 Å². The number of hydrogen-bond acceptors (Lipinski definition) is 3. The van der Waals surface area contributed by atoms with Gasteiger partial charge in [-0.15, -0.1) is 0 Å². The molecule has 0 amide bonds. The van der Waals surface area contributed by atoms with Crippen molar-refractivity contribution in [3.63, 3.8) is 0 Å². The van der Waals surface area contributed by atoms with Gasteiger partial charge < -0.3 is 9.52 Å². The summed E-state index contributed by atoms with van der Waals surface area (Å²) in [7, 11) is 0. The maximum absolute atomic E-state index is 11.8. The molecule has 1 heterocycles. The molecule has 0 aliphatic rings. The second-order valence-corrected chi connectivity index (χ2v) is 4.40. The van der Waals surface area contributed by atoms with Gasteiger partial charge in [-0.05, 0) is 18.2 Å². The van der Waals surface area contributed by atoms with Crippen molar-refractivity contribution in [1.82, 2.24) is 0 Å². The maximum Gasteiger partial charge on any atom is 0.344 e. The van der Waals surface area contributed by atoms with E-state index in [9.17, 15) is 9.90 Å². The lowest BCUT2D eigenvalue weighted by Gasteiger charge is -2.08. The first-order valence-corrected chi connectivity index (χ1v) is 5.84. The van der Waals surface area contributed by atoms with Crippen molar-refractivity contribution < 1.29 is 9.52 Å². The van der Waals surface area contributed by atoms with E-state index in [1.54, 1.807) is 24.3 Å². The zero-order valence-corrected chi connectivity index (χ0v) is 10.1. The molecule has 3 rings (SSSR count). The molecule has 0 bridgehead atoms. The zero-order valence-electron chi connectivity index (χ0n) is 9.31. The van der Waals surface area contributed by atoms with E-state index in [2.05, 4.69) is 0 Å². The Morgan fingerprint density at radius 3 is 2.56 bits per heavy atom. The fourth-order valence-corrected chi connectivity index (χ4v) is 2.39. The molecule has 4 heteroatoms. The Morgan fingerprint density at radius 2 is 1.83 bits per heavy atom. The first kappa shape index (κ1) is 11.3. The molecular weight excluding hydrogens is 252 g/mol. The van der Waals surface area contributed by atoms with Crippen molar-refractivity contribution in [3.8, 4) is 0 Å². The minimum atomic E-state index is -0.385. The molecule has 3 aromatic rings. The summed E-state index contributed by atoms with van der Waals surface area (Å²) in [6.45, 7) is -0.201. The van der Waals surface area contributed by atoms with Gasteiger partial charge in [0, 0.05) is 21.4 Å². The molecule has 0 aliphatic carbocycles. The van der Waals surface area contributed by atoms with Gasteiger partial charge in [-0.25, -0.2) is 4.79 Å². The fourth-order valence-electron chi connectivity index (χ4n) is 2.17. The van der Waals surface area contributed by atoms with Crippen LogP contribution in [0.4, 0.5) is 0 Å². The first-order chi connectivity index (χ1) is 8.72. The molecule has 18 heavy (non-hydrogen) atoms. The molecule has 0 saturated carbocycles. The Balaban J connectivity index is 2.67. The summed E-state index contributed by atoms with van der Waals surface area (Å²) >= 11 is 6.06. The second-order valence-electron chi connectivity index (χ2n) is 3.99. The molecule has 3 nitrogen and oxygen atoms in total. The van der Waals surface area contributed by atoms with E-state index in [0.29, 0.717) is 26.9 Å². The smallest absolute Gasteiger partial charge is 0.344 e. The van der Waals surface area contributed by atoms with Crippen LogP contribution in [0.2, 0.25) is 5.02 Å². The van der Waals surface area contributed by atoms with Crippen molar-refractivity contribution in [2.24, 2.45) is 0 Å². The van der Waals surface area contributed by atoms with Gasteiger partial charge in [-0.3, -0.25) is 0 Å². The van der Waals surface area contributed by atoms with Crippen LogP contribution in [0.5, 0.6) is 0 Å². The standard InChI is InChI=1S/C14H9ClO3/c15-11-5-6-12-13(10(11)7-16)8-3-1-2-4-9(8)14(17)18-12/h1-6,16H,7H2. The minimum Gasteiger partial charge on any atom is -0.422 e. The Labute approximate surface area is 107 Å². The summed E-state index contributed by atoms with van der Waals surface area (Å²) in [5.74, 6) is 0. The van der Waals surface area contributed by atoms with Gasteiger partial charge >= 0.3 is 5.63 Å². The van der Waals surface area contributed by atoms with Gasteiger partial charge in [0.2, 0.25) is 0 Å². The number of fused-ring (bicyclic) bond motifs is 3. The van der Waals surface area contributed by atoms with Crippen molar-refractivity contribution >= 4 is 33.3 Å². The van der Waals surface area contributed by atoms with E-state index in [4.69, 9.17) is 16.0 Å². The number of halogens is 1. The summed E-state index contributed by atoms with van der Waals surface area (Å²) in [4.78, 5) is 11.8. The zero-order chi connectivity index (χ0) is 12.7. The van der Waals surface area contributed by atoms with Gasteiger partial charge in [0.15, 0.2) is 0 Å². The van der Waals surface area contributed by atoms with E-state index in [0.717, 1.165) is 5.39 Å². The number of aliphatic hydroxyl groups excluding tert-OH is 1. The molecule has 1 N–H and O–H groups in total. The number of hydrogen-bond donors (Lipinski definition) is 1. The van der Waals surface area contributed by atoms with Crippen LogP contribution in [0.15, 0.2) is 45.6 Å². The molecule has 2 aromatic carbocycles. The maximum atomic E-state index is 11.8. The number of aliphatic hydroxyl groups is 1. The van der Waals surface area contributed by atoms with E-state index >= 15 is 0 Å². The van der Waals surface area contributed by atoms with E-state index in [1.807, 2.05) is 12.1 Å². The Bertz CT molecular complexity index is 805. The van der Waals surface area contributed by atoms with Crippen LogP contribution >= 0.6 is 11.6 Å². The number of rotatable bonds is 1. The summed E-state index contributed by atoms with van der Waals surface area (Å²) in [6, 6.07) is 10.4. The topological polar surface area (TPSA) is 50.4 Å². The van der Waals surface area contributed by atoms with Crippen LogP contribution in [0, 0.1) is 0 Å². The lowest BCUT2D eigenvalue weighted by Crippen LogP contribution is -2.01. The number of benzene rings is 2. The highest BCUT2D eigenvalue weighted by Crippen LogP contribution is 2.30. The predicted octanol–water partition coefficient (Wildman–Crippen LogP) is 3.09. The van der Waals surface area contributed by atoms with Gasteiger partial charge in [0.1, 0.15) is 5.58 Å². The summed E-state index contributed by atoms with van der Waals surface area (Å²) in [5, 5.41) is 11.8. The van der Waals surface area contributed by atoms with E-state index in [-0.39, 0.29) is 12.2 Å². The molecule has 0 fully saturated rings. The predicted molar refractivity (Wildman–Crippen MR) is 70.9 cm³/mol. The van der Waals surface area contributed by atoms with Gasteiger partial charge in [0.05, 0.1) is 12.0 Å². The largest absolute Gasteiger partial charge is 0.422 e. The minimum absolute atomic E-state index is 0.201. The van der Waals surface area contributed by atoms with Crippen LogP contribution in [0.25, 0.3) is 21.7 Å². The highest BCUT2D eigenvalue weighted by atomic mass is 35.5. The molecule has 0 atom stereocenters. The van der Waals surface area contributed by atoms with Crippen molar-refractivity contribution in [2.75, 3.05) is 0 Å². The summed E-state index contributed by atoms with van der Waals surface area (Å²) < 4.78 is 5.25. The second kappa shape index (κ2) is 4.12. The quantitative estimate of drug-likeness (QED) is 0.540. The molecule has 0 aliphatic heterocycles. The van der Waals surface area contributed by atoms with E-state index < -0.39 is 0 Å². The van der Waals surface area contributed by atoms with Crippen LogP contribution in [-0.2, 0) is 6.61 Å². The summed E-state index contributed by atoms with van der Waals surface area (Å²) in [5.41, 5.74) is 0.630. The molecule has 0 spiro atoms. The highest BCUT2D eigenvalue weighted by Gasteiger charge is 2.12. The van der Waals surface area contributed by atoms with Gasteiger partial charge in [0.25, 0.3) is 0 Å². The van der Waals surface area contributed by atoms with Crippen LogP contribution < -0.4 is 5.63 Å². The molecular formula is C14H9ClO3. The Hall–Kier alpha value is -1.84. The first-order valence-electron chi connectivity index (χ1n) is 5.46. The average molecular weight is 261 g/mol. The van der Waals surface area contributed by atoms with Crippen molar-refractivity contribution in [3.05, 3.63) is 57.4 Å². The third kappa shape index (κ3) is 1.52. The monoisotopic (exact) mass is 260 g/mol. The van der Waals surface area contributed by atoms with Crippen LogP contribution in [-0.4, -0.2) is 5.11 Å². The van der Waals surface area contributed by atoms with Crippen molar-refractivity contribution in [2.45, 2.75) is 6.61 Å². The van der Waals surface area contributed by atoms with Gasteiger partial charge in [-0.1, -0.05) is 29.8 Å². The SMILES string of the molecule is O=c1oc2ccc(Cl)c(CO)c2c2ccccc12. The van der Waals surface area contributed by atoms with Gasteiger partial charge in [-0.2, -0.15) is 0 Å². The molecule has 0 saturated heterocycles. The fraction of sp³-hybridized carbons (Fsp3) is 0.0714. The molecule has 0 radical (unpaired) electrons. The molecule has 90 valence electrons. The van der Waals surface area contributed by atoms with Crippen LogP contribution in [0.3, 0.4) is 0 Å². The third-order valence-electron chi connectivity index (χ3n) is 2.99. The van der Waals surface area contributed by atoms with Crippen LogP contribution in [0.1, 0.15) is 5.56 Å². The highest BCUT2D eigenvalue weighted by molar-refractivity contribution is 6.32. The Morgan fingerprint density at radius 1 is 1.11 bits per heavy atom. The van der Waals surface area contributed by atoms with Crippen molar-refractivity contribution in [1.29, 1.82) is 0 Å². The summed E-state index contributed by atoms with van der Waals surface area (Å²) in [6.07, 6.45) is 0. The third-order valence-corrected chi connectivity index (χ3v) is 3.35. The lowest BCUT2D eigenvalue weighted by atomic mass is 10.0. The molecule has 0 unspecified atom stereocenters. The average Bonchev–Trinajstić information content (AvgIpc) is 2.40. The molecule has 1 aromatic heterocycles. The normalized spacial score (nSPS) is 11.2. The lowest BCUT2D eigenvalue weighted by molar-refractivity contribution is 0.283. The Kier molecular flexibility index (Phi) is 2.58.